The van der Waals surface area contributed by atoms with Gasteiger partial charge in [0.1, 0.15) is 0 Å². The molecule has 182 valence electrons. The Hall–Kier alpha value is -1.06. The van der Waals surface area contributed by atoms with Crippen LogP contribution in [0.25, 0.3) is 0 Å². The quantitative estimate of drug-likeness (QED) is 0.211. The Labute approximate surface area is 246 Å². The number of benzene rings is 3. The van der Waals surface area contributed by atoms with Gasteiger partial charge in [-0.05, 0) is 21.7 Å². The first-order valence-corrected chi connectivity index (χ1v) is 14.3. The fraction of sp³-hybridized carbons (Fsp3) is 0.267. The van der Waals surface area contributed by atoms with E-state index in [-0.39, 0.29) is 69.4 Å². The van der Waals surface area contributed by atoms with Crippen LogP contribution in [0.4, 0.5) is 0 Å². The second-order valence-corrected chi connectivity index (χ2v) is 15.3. The van der Waals surface area contributed by atoms with Gasteiger partial charge in [-0.15, -0.1) is 6.42 Å². The van der Waals surface area contributed by atoms with Crippen LogP contribution in [0, 0.1) is 6.08 Å². The van der Waals surface area contributed by atoms with Crippen LogP contribution in [0.3, 0.4) is 0 Å². The molecule has 0 nitrogen and oxygen atoms in total. The maximum Gasteiger partial charge on any atom is 4.00 e. The summed E-state index contributed by atoms with van der Waals surface area (Å²) in [5.41, 5.74) is 5.04. The molecule has 4 rings (SSSR count). The van der Waals surface area contributed by atoms with Crippen molar-refractivity contribution >= 4 is 8.07 Å². The zero-order valence-corrected chi connectivity index (χ0v) is 25.9. The van der Waals surface area contributed by atoms with Gasteiger partial charge in [0.05, 0.1) is 0 Å². The van der Waals surface area contributed by atoms with E-state index in [0.717, 1.165) is 6.42 Å². The summed E-state index contributed by atoms with van der Waals surface area (Å²) in [5, 5.41) is 1.73. The first-order chi connectivity index (χ1) is 14.8. The van der Waals surface area contributed by atoms with Gasteiger partial charge in [0, 0.05) is 13.5 Å². The third kappa shape index (κ3) is 6.09. The molecule has 1 aliphatic carbocycles. The molecule has 0 aliphatic heterocycles. The molecule has 0 saturated heterocycles. The van der Waals surface area contributed by atoms with E-state index in [1.165, 1.54) is 27.5 Å². The minimum absolute atomic E-state index is 0. The van der Waals surface area contributed by atoms with Gasteiger partial charge >= 0.3 is 21.7 Å². The Bertz CT molecular complexity index is 1010. The molecule has 1 aliphatic rings. The van der Waals surface area contributed by atoms with E-state index in [1.54, 1.807) is 0 Å². The zero-order valence-electron chi connectivity index (χ0n) is 21.1. The van der Waals surface area contributed by atoms with Crippen LogP contribution in [0.5, 0.6) is 0 Å². The van der Waals surface area contributed by atoms with Gasteiger partial charge in [0.2, 0.25) is 0 Å². The predicted molar refractivity (Wildman–Crippen MR) is 136 cm³/mol. The Kier molecular flexibility index (Phi) is 13.1. The topological polar surface area (TPSA) is 0 Å². The van der Waals surface area contributed by atoms with E-state index < -0.39 is 8.07 Å². The smallest absolute Gasteiger partial charge is 1.00 e. The number of halogens is 3. The van der Waals surface area contributed by atoms with Crippen molar-refractivity contribution in [3.8, 4) is 0 Å². The van der Waals surface area contributed by atoms with Crippen molar-refractivity contribution in [2.24, 2.45) is 0 Å². The molecule has 0 N–H and O–H groups in total. The zero-order chi connectivity index (χ0) is 22.1. The van der Waals surface area contributed by atoms with Crippen LogP contribution in [-0.4, -0.2) is 8.07 Å². The number of allylic oxidation sites excluding steroid dienone is 4. The molecule has 0 saturated carbocycles. The van der Waals surface area contributed by atoms with E-state index in [9.17, 15) is 0 Å². The van der Waals surface area contributed by atoms with Crippen LogP contribution < -0.4 is 37.2 Å². The van der Waals surface area contributed by atoms with Crippen molar-refractivity contribution in [2.75, 3.05) is 0 Å². The van der Waals surface area contributed by atoms with Gasteiger partial charge in [-0.1, -0.05) is 125 Å². The van der Waals surface area contributed by atoms with Crippen LogP contribution in [-0.2, 0) is 27.1 Å². The van der Waals surface area contributed by atoms with E-state index in [1.807, 2.05) is 0 Å². The molecule has 3 aromatic rings. The molecule has 0 unspecified atom stereocenters. The molecular formula is C30H33Cl3SiTi. The van der Waals surface area contributed by atoms with Crippen molar-refractivity contribution < 1.29 is 58.9 Å². The Morgan fingerprint density at radius 1 is 0.629 bits per heavy atom. The molecule has 3 aromatic carbocycles. The normalized spacial score (nSPS) is 13.2. The average Bonchev–Trinajstić information content (AvgIpc) is 3.27. The third-order valence-electron chi connectivity index (χ3n) is 7.38. The molecule has 0 atom stereocenters. The fourth-order valence-electron chi connectivity index (χ4n) is 4.76. The second kappa shape index (κ2) is 13.5. The minimum atomic E-state index is -1.81. The summed E-state index contributed by atoms with van der Waals surface area (Å²) < 4.78 is 0. The largest absolute Gasteiger partial charge is 4.00 e. The Balaban J connectivity index is 0.00000289. The van der Waals surface area contributed by atoms with E-state index >= 15 is 0 Å². The number of hydrogen-bond acceptors (Lipinski definition) is 0. The molecule has 35 heavy (non-hydrogen) atoms. The summed E-state index contributed by atoms with van der Waals surface area (Å²) >= 11 is 0. The standard InChI is InChI=1S/C30H33Si.3ClH.Ti/c1-29(2,3)31(4,5)28-23-15-22-27(28)30(24-16-9-6-10-17-24,25-18-11-7-12-19-25)26-20-13-8-14-21-26;;;;/h6-14,16-22H,15H2,1-5H3;3*1H;/q-1;;;;+4/p-3. The minimum Gasteiger partial charge on any atom is -1.00 e. The first kappa shape index (κ1) is 33.9. The molecule has 0 radical (unpaired) electrons. The molecule has 0 spiro atoms. The summed E-state index contributed by atoms with van der Waals surface area (Å²) in [7, 11) is -1.81. The van der Waals surface area contributed by atoms with E-state index in [4.69, 9.17) is 0 Å². The maximum absolute atomic E-state index is 3.85. The molecule has 5 heteroatoms. The Morgan fingerprint density at radius 2 is 0.971 bits per heavy atom. The molecule has 0 amide bonds. The van der Waals surface area contributed by atoms with Gasteiger partial charge in [0.15, 0.2) is 0 Å². The van der Waals surface area contributed by atoms with Gasteiger partial charge < -0.3 is 37.2 Å². The van der Waals surface area contributed by atoms with Crippen LogP contribution in [0.1, 0.15) is 43.9 Å². The van der Waals surface area contributed by atoms with E-state index in [0.29, 0.717) is 0 Å². The van der Waals surface area contributed by atoms with Crippen LogP contribution in [0.15, 0.2) is 108 Å². The second-order valence-electron chi connectivity index (χ2n) is 10.1. The number of hydrogen-bond donors (Lipinski definition) is 0. The summed E-state index contributed by atoms with van der Waals surface area (Å²) in [5.74, 6) is 0. The van der Waals surface area contributed by atoms with Crippen molar-refractivity contribution in [2.45, 2.75) is 50.7 Å². The van der Waals surface area contributed by atoms with Crippen LogP contribution >= 0.6 is 0 Å². The Morgan fingerprint density at radius 3 is 1.29 bits per heavy atom. The monoisotopic (exact) mass is 574 g/mol. The van der Waals surface area contributed by atoms with Crippen molar-refractivity contribution in [1.82, 2.24) is 0 Å². The summed E-state index contributed by atoms with van der Waals surface area (Å²) in [6.07, 6.45) is 7.20. The van der Waals surface area contributed by atoms with Crippen LogP contribution in [0.2, 0.25) is 18.1 Å². The van der Waals surface area contributed by atoms with Crippen molar-refractivity contribution in [1.29, 1.82) is 0 Å². The SMILES string of the molecule is CC(C)(C)[Si](C)(C)C1=[C-]CC=C1C(c1ccccc1)(c1ccccc1)c1ccccc1.[Cl-].[Cl-].[Cl-].[Ti+4]. The molecule has 0 heterocycles. The molecular weight excluding hydrogens is 543 g/mol. The van der Waals surface area contributed by atoms with Gasteiger partial charge in [-0.2, -0.15) is 11.6 Å². The van der Waals surface area contributed by atoms with Crippen molar-refractivity contribution in [3.05, 3.63) is 131 Å². The summed E-state index contributed by atoms with van der Waals surface area (Å²) in [4.78, 5) is 0. The average molecular weight is 576 g/mol. The maximum atomic E-state index is 3.85. The summed E-state index contributed by atoms with van der Waals surface area (Å²) in [6.45, 7) is 12.2. The fourth-order valence-corrected chi connectivity index (χ4v) is 7.01. The van der Waals surface area contributed by atoms with Gasteiger partial charge in [0.25, 0.3) is 0 Å². The molecule has 0 fully saturated rings. The molecule has 0 bridgehead atoms. The van der Waals surface area contributed by atoms with Crippen molar-refractivity contribution in [3.63, 3.8) is 0 Å². The predicted octanol–water partition coefficient (Wildman–Crippen LogP) is -0.862. The van der Waals surface area contributed by atoms with Gasteiger partial charge in [-0.3, -0.25) is 6.08 Å². The number of rotatable bonds is 5. The van der Waals surface area contributed by atoms with E-state index in [2.05, 4.69) is 137 Å². The molecule has 0 aromatic heterocycles. The first-order valence-electron chi connectivity index (χ1n) is 11.3. The summed E-state index contributed by atoms with van der Waals surface area (Å²) in [6, 6.07) is 33.1. The van der Waals surface area contributed by atoms with Gasteiger partial charge in [-0.25, -0.2) is 5.20 Å². The third-order valence-corrected chi connectivity index (χ3v) is 12.8.